The molecule has 2 N–H and O–H groups in total. The van der Waals surface area contributed by atoms with E-state index in [2.05, 4.69) is 18.2 Å². The second kappa shape index (κ2) is 8.60. The molecule has 92 valence electrons. The monoisotopic (exact) mass is 229 g/mol. The third kappa shape index (κ3) is 14.8. The summed E-state index contributed by atoms with van der Waals surface area (Å²) in [5.41, 5.74) is -0.376. The summed E-state index contributed by atoms with van der Waals surface area (Å²) < 4.78 is 5.04. The normalized spacial score (nSPS) is 13.1. The van der Waals surface area contributed by atoms with Crippen LogP contribution in [0.15, 0.2) is 0 Å². The maximum absolute atomic E-state index is 11.0. The van der Waals surface area contributed by atoms with Gasteiger partial charge >= 0.3 is 6.09 Å². The molecule has 0 saturated heterocycles. The molecule has 0 aromatic heterocycles. The van der Waals surface area contributed by atoms with Crippen molar-refractivity contribution < 1.29 is 19.4 Å². The number of hydrogen-bond donors (Lipinski definition) is 2. The Morgan fingerprint density at radius 3 is 2.06 bits per heavy atom. The van der Waals surface area contributed by atoms with Gasteiger partial charge in [0.1, 0.15) is 5.60 Å². The van der Waals surface area contributed by atoms with E-state index in [0.29, 0.717) is 6.04 Å². The Bertz CT molecular complexity index is 226. The third-order valence-corrected chi connectivity index (χ3v) is 1.30. The lowest BCUT2D eigenvalue weighted by molar-refractivity contribution is -0.122. The van der Waals surface area contributed by atoms with E-state index in [-0.39, 0.29) is 18.2 Å². The molecule has 0 aromatic carbocycles. The first-order valence-electron chi connectivity index (χ1n) is 4.79. The quantitative estimate of drug-likeness (QED) is 0.529. The lowest BCUT2D eigenvalue weighted by atomic mass is 10.2. The van der Waals surface area contributed by atoms with Gasteiger partial charge in [-0.1, -0.05) is 0 Å². The van der Waals surface area contributed by atoms with Gasteiger partial charge in [0.05, 0.1) is 0 Å². The van der Waals surface area contributed by atoms with Gasteiger partial charge in [-0.15, -0.1) is 12.8 Å². The first kappa shape index (κ1) is 16.7. The summed E-state index contributed by atoms with van der Waals surface area (Å²) in [6.45, 7) is 5.33. The molecule has 0 spiro atoms. The Morgan fingerprint density at radius 2 is 1.81 bits per heavy atom. The standard InChI is InChI=1S/C8H15NO2.C2H2.CH2O2/c1-8(2,3)11-7(10)9-6-4-5-6;1-2;2-1-3/h6H,4-5H2,1-3H3,(H,9,10);1-2H;1H,(H,2,3). The van der Waals surface area contributed by atoms with Gasteiger partial charge in [0.15, 0.2) is 0 Å². The van der Waals surface area contributed by atoms with Gasteiger partial charge < -0.3 is 15.2 Å². The van der Waals surface area contributed by atoms with E-state index in [9.17, 15) is 4.79 Å². The average Bonchev–Trinajstić information content (AvgIpc) is 2.89. The fraction of sp³-hybridized carbons (Fsp3) is 0.636. The fourth-order valence-electron chi connectivity index (χ4n) is 0.702. The van der Waals surface area contributed by atoms with Crippen LogP contribution in [-0.2, 0) is 9.53 Å². The minimum absolute atomic E-state index is 0.250. The van der Waals surface area contributed by atoms with E-state index in [4.69, 9.17) is 14.6 Å². The fourth-order valence-corrected chi connectivity index (χ4v) is 0.702. The number of rotatable bonds is 1. The SMILES string of the molecule is C#C.CC(C)(C)OC(=O)NC1CC1.O=CO. The molecule has 16 heavy (non-hydrogen) atoms. The van der Waals surface area contributed by atoms with Crippen molar-refractivity contribution in [2.45, 2.75) is 45.3 Å². The Labute approximate surface area is 96.2 Å². The highest BCUT2D eigenvalue weighted by molar-refractivity contribution is 5.68. The summed E-state index contributed by atoms with van der Waals surface area (Å²) in [6.07, 6.45) is 9.90. The van der Waals surface area contributed by atoms with Crippen LogP contribution in [0, 0.1) is 12.8 Å². The van der Waals surface area contributed by atoms with E-state index in [1.54, 1.807) is 0 Å². The average molecular weight is 229 g/mol. The number of ether oxygens (including phenoxy) is 1. The molecule has 1 aliphatic carbocycles. The molecule has 1 saturated carbocycles. The number of alkyl carbamates (subject to hydrolysis) is 1. The predicted octanol–water partition coefficient (Wildman–Crippen LogP) is 1.62. The molecule has 1 fully saturated rings. The van der Waals surface area contributed by atoms with Crippen LogP contribution in [0.1, 0.15) is 33.6 Å². The van der Waals surface area contributed by atoms with Gasteiger partial charge in [-0.25, -0.2) is 4.79 Å². The molecule has 1 aliphatic rings. The number of nitrogens with one attached hydrogen (secondary N) is 1. The molecule has 5 nitrogen and oxygen atoms in total. The molecule has 0 aliphatic heterocycles. The Balaban J connectivity index is 0. The van der Waals surface area contributed by atoms with Crippen molar-refractivity contribution in [1.82, 2.24) is 5.32 Å². The van der Waals surface area contributed by atoms with Gasteiger partial charge in [0.25, 0.3) is 6.47 Å². The molecular weight excluding hydrogens is 210 g/mol. The van der Waals surface area contributed by atoms with E-state index >= 15 is 0 Å². The molecule has 0 heterocycles. The number of amides is 1. The molecule has 0 atom stereocenters. The van der Waals surface area contributed by atoms with E-state index in [1.165, 1.54) is 0 Å². The van der Waals surface area contributed by atoms with Crippen LogP contribution in [0.2, 0.25) is 0 Å². The highest BCUT2D eigenvalue weighted by atomic mass is 16.6. The number of terminal acetylenes is 1. The van der Waals surface area contributed by atoms with Crippen molar-refractivity contribution in [1.29, 1.82) is 0 Å². The summed E-state index contributed by atoms with van der Waals surface area (Å²) in [5.74, 6) is 0. The van der Waals surface area contributed by atoms with Crippen LogP contribution < -0.4 is 5.32 Å². The predicted molar refractivity (Wildman–Crippen MR) is 61.0 cm³/mol. The van der Waals surface area contributed by atoms with Crippen molar-refractivity contribution in [3.05, 3.63) is 0 Å². The zero-order chi connectivity index (χ0) is 13.2. The smallest absolute Gasteiger partial charge is 0.407 e. The maximum atomic E-state index is 11.0. The zero-order valence-corrected chi connectivity index (χ0v) is 9.90. The van der Waals surface area contributed by atoms with Gasteiger partial charge in [-0.2, -0.15) is 0 Å². The molecule has 0 radical (unpaired) electrons. The van der Waals surface area contributed by atoms with Crippen molar-refractivity contribution in [3.63, 3.8) is 0 Å². The van der Waals surface area contributed by atoms with Crippen molar-refractivity contribution in [2.75, 3.05) is 0 Å². The molecule has 5 heteroatoms. The second-order valence-electron chi connectivity index (χ2n) is 4.03. The number of carboxylic acid groups (broad SMARTS) is 1. The zero-order valence-electron chi connectivity index (χ0n) is 9.90. The molecule has 0 unspecified atom stereocenters. The van der Waals surface area contributed by atoms with E-state index in [1.807, 2.05) is 20.8 Å². The van der Waals surface area contributed by atoms with Gasteiger partial charge in [0, 0.05) is 6.04 Å². The van der Waals surface area contributed by atoms with Gasteiger partial charge in [-0.05, 0) is 33.6 Å². The van der Waals surface area contributed by atoms with E-state index < -0.39 is 0 Å². The van der Waals surface area contributed by atoms with Crippen molar-refractivity contribution in [3.8, 4) is 12.8 Å². The molecule has 0 aromatic rings. The molecular formula is C11H19NO4. The molecule has 1 amide bonds. The minimum Gasteiger partial charge on any atom is -0.483 e. The van der Waals surface area contributed by atoms with Crippen molar-refractivity contribution >= 4 is 12.6 Å². The first-order chi connectivity index (χ1) is 7.39. The minimum atomic E-state index is -0.376. The van der Waals surface area contributed by atoms with Crippen molar-refractivity contribution in [2.24, 2.45) is 0 Å². The molecule has 1 rings (SSSR count). The van der Waals surface area contributed by atoms with E-state index in [0.717, 1.165) is 12.8 Å². The van der Waals surface area contributed by atoms with Crippen LogP contribution in [0.3, 0.4) is 0 Å². The first-order valence-corrected chi connectivity index (χ1v) is 4.79. The van der Waals surface area contributed by atoms with Crippen LogP contribution >= 0.6 is 0 Å². The summed E-state index contributed by atoms with van der Waals surface area (Å²) in [7, 11) is 0. The van der Waals surface area contributed by atoms with Gasteiger partial charge in [-0.3, -0.25) is 4.79 Å². The maximum Gasteiger partial charge on any atom is 0.407 e. The Morgan fingerprint density at radius 1 is 1.44 bits per heavy atom. The topological polar surface area (TPSA) is 75.6 Å². The summed E-state index contributed by atoms with van der Waals surface area (Å²) in [4.78, 5) is 19.3. The largest absolute Gasteiger partial charge is 0.483 e. The van der Waals surface area contributed by atoms with Gasteiger partial charge in [0.2, 0.25) is 0 Å². The lowest BCUT2D eigenvalue weighted by Gasteiger charge is -2.19. The third-order valence-electron chi connectivity index (χ3n) is 1.30. The summed E-state index contributed by atoms with van der Waals surface area (Å²) >= 11 is 0. The lowest BCUT2D eigenvalue weighted by Crippen LogP contribution is -2.33. The highest BCUT2D eigenvalue weighted by Crippen LogP contribution is 2.19. The molecule has 0 bridgehead atoms. The summed E-state index contributed by atoms with van der Waals surface area (Å²) in [5, 5.41) is 9.64. The number of carbonyl (C=O) groups excluding carboxylic acids is 1. The number of carbonyl (C=O) groups is 2. The van der Waals surface area contributed by atoms with Crippen LogP contribution in [-0.4, -0.2) is 29.3 Å². The Kier molecular flexibility index (Phi) is 8.98. The highest BCUT2D eigenvalue weighted by Gasteiger charge is 2.25. The van der Waals surface area contributed by atoms with Crippen LogP contribution in [0.25, 0.3) is 0 Å². The van der Waals surface area contributed by atoms with Crippen LogP contribution in [0.5, 0.6) is 0 Å². The second-order valence-corrected chi connectivity index (χ2v) is 4.03. The summed E-state index contributed by atoms with van der Waals surface area (Å²) in [6, 6.07) is 0.379. The Hall–Kier alpha value is -1.70. The van der Waals surface area contributed by atoms with Crippen LogP contribution in [0.4, 0.5) is 4.79 Å². The number of hydrogen-bond acceptors (Lipinski definition) is 3.